The first-order valence-electron chi connectivity index (χ1n) is 11.5. The molecule has 1 aliphatic rings. The molecule has 1 N–H and O–H groups in total. The second-order valence-corrected chi connectivity index (χ2v) is 10.2. The van der Waals surface area contributed by atoms with Crippen LogP contribution in [0, 0.1) is 10.1 Å². The number of hydrogen-bond acceptors (Lipinski definition) is 6. The number of nitrogens with zero attached hydrogens (tertiary/aromatic N) is 2. The molecule has 1 saturated heterocycles. The Morgan fingerprint density at radius 1 is 0.923 bits per heavy atom. The summed E-state index contributed by atoms with van der Waals surface area (Å²) in [7, 11) is 0. The Labute approximate surface area is 238 Å². The van der Waals surface area contributed by atoms with Crippen molar-refractivity contribution in [1.29, 1.82) is 0 Å². The van der Waals surface area contributed by atoms with Gasteiger partial charge in [-0.15, -0.1) is 0 Å². The van der Waals surface area contributed by atoms with E-state index in [-0.39, 0.29) is 16.9 Å². The highest BCUT2D eigenvalue weighted by Crippen LogP contribution is 2.37. The second-order valence-electron chi connectivity index (χ2n) is 8.48. The van der Waals surface area contributed by atoms with Gasteiger partial charge in [0.1, 0.15) is 17.9 Å². The molecule has 4 aromatic carbocycles. The SMILES string of the molecule is O=C1NC(=O)N(c2cccc([N+](=O)[O-])c2)C(=O)/C1=C/c1cc(Br)c(OCc2cccc3ccccc23)c(Br)c1. The number of carbonyl (C=O) groups excluding carboxylic acids is 3. The fourth-order valence-electron chi connectivity index (χ4n) is 4.17. The normalized spacial score (nSPS) is 14.6. The topological polar surface area (TPSA) is 119 Å². The Morgan fingerprint density at radius 3 is 2.36 bits per heavy atom. The van der Waals surface area contributed by atoms with Crippen LogP contribution < -0.4 is 15.0 Å². The number of hydrogen-bond donors (Lipinski definition) is 1. The lowest BCUT2D eigenvalue weighted by Gasteiger charge is -2.26. The molecule has 0 bridgehead atoms. The Balaban J connectivity index is 1.42. The molecule has 4 amide bonds. The van der Waals surface area contributed by atoms with Crippen molar-refractivity contribution in [1.82, 2.24) is 5.32 Å². The smallest absolute Gasteiger partial charge is 0.335 e. The van der Waals surface area contributed by atoms with Crippen LogP contribution in [0.25, 0.3) is 16.8 Å². The number of nitro benzene ring substituents is 1. The molecule has 0 radical (unpaired) electrons. The van der Waals surface area contributed by atoms with Crippen LogP contribution in [-0.2, 0) is 16.2 Å². The van der Waals surface area contributed by atoms with E-state index >= 15 is 0 Å². The summed E-state index contributed by atoms with van der Waals surface area (Å²) in [6.45, 7) is 0.306. The number of carbonyl (C=O) groups is 3. The van der Waals surface area contributed by atoms with Crippen molar-refractivity contribution in [2.45, 2.75) is 6.61 Å². The van der Waals surface area contributed by atoms with Crippen LogP contribution in [0.1, 0.15) is 11.1 Å². The third-order valence-electron chi connectivity index (χ3n) is 5.98. The summed E-state index contributed by atoms with van der Waals surface area (Å²) in [5.41, 5.74) is 0.822. The molecule has 5 rings (SSSR count). The van der Waals surface area contributed by atoms with Gasteiger partial charge in [-0.3, -0.25) is 25.0 Å². The summed E-state index contributed by atoms with van der Waals surface area (Å²) >= 11 is 7.00. The lowest BCUT2D eigenvalue weighted by Crippen LogP contribution is -2.54. The predicted octanol–water partition coefficient (Wildman–Crippen LogP) is 6.52. The quantitative estimate of drug-likeness (QED) is 0.110. The van der Waals surface area contributed by atoms with Gasteiger partial charge in [-0.2, -0.15) is 0 Å². The predicted molar refractivity (Wildman–Crippen MR) is 152 cm³/mol. The van der Waals surface area contributed by atoms with Gasteiger partial charge in [-0.05, 0) is 78.0 Å². The van der Waals surface area contributed by atoms with Gasteiger partial charge in [0.15, 0.2) is 0 Å². The maximum absolute atomic E-state index is 13.2. The standard InChI is InChI=1S/C28H17Br2N3O6/c29-23-12-16(13-24(30)25(23)39-15-18-7-3-6-17-5-1-2-10-21(17)18)11-22-26(34)31-28(36)32(27(22)35)19-8-4-9-20(14-19)33(37)38/h1-14H,15H2,(H,31,34,36)/b22-11+. The minimum Gasteiger partial charge on any atom is -0.487 e. The van der Waals surface area contributed by atoms with E-state index in [1.165, 1.54) is 24.3 Å². The third kappa shape index (κ3) is 5.31. The van der Waals surface area contributed by atoms with Crippen LogP contribution in [-0.4, -0.2) is 22.8 Å². The van der Waals surface area contributed by atoms with Gasteiger partial charge in [0.2, 0.25) is 0 Å². The Kier molecular flexibility index (Phi) is 7.27. The van der Waals surface area contributed by atoms with E-state index in [4.69, 9.17) is 4.74 Å². The van der Waals surface area contributed by atoms with E-state index in [1.807, 2.05) is 42.5 Å². The second kappa shape index (κ2) is 10.8. The molecular weight excluding hydrogens is 634 g/mol. The summed E-state index contributed by atoms with van der Waals surface area (Å²) in [6, 6.07) is 21.4. The molecule has 0 aromatic heterocycles. The van der Waals surface area contributed by atoms with Crippen LogP contribution >= 0.6 is 31.9 Å². The number of halogens is 2. The average Bonchev–Trinajstić information content (AvgIpc) is 2.90. The number of anilines is 1. The van der Waals surface area contributed by atoms with Crippen LogP contribution in [0.4, 0.5) is 16.2 Å². The number of nitro groups is 1. The number of ether oxygens (including phenoxy) is 1. The van der Waals surface area contributed by atoms with Crippen LogP contribution in [0.15, 0.2) is 93.4 Å². The van der Waals surface area contributed by atoms with Gasteiger partial charge >= 0.3 is 6.03 Å². The molecule has 39 heavy (non-hydrogen) atoms. The highest BCUT2D eigenvalue weighted by atomic mass is 79.9. The number of rotatable bonds is 6. The van der Waals surface area contributed by atoms with Gasteiger partial charge < -0.3 is 4.74 Å². The van der Waals surface area contributed by atoms with Crippen LogP contribution in [0.3, 0.4) is 0 Å². The van der Waals surface area contributed by atoms with Crippen molar-refractivity contribution >= 4 is 77.9 Å². The zero-order valence-corrected chi connectivity index (χ0v) is 23.1. The lowest BCUT2D eigenvalue weighted by atomic mass is 10.1. The fourth-order valence-corrected chi connectivity index (χ4v) is 5.62. The molecule has 0 aliphatic carbocycles. The first-order valence-corrected chi connectivity index (χ1v) is 13.1. The molecular formula is C28H17Br2N3O6. The monoisotopic (exact) mass is 649 g/mol. The zero-order valence-electron chi connectivity index (χ0n) is 19.9. The molecule has 1 heterocycles. The van der Waals surface area contributed by atoms with E-state index in [2.05, 4.69) is 37.2 Å². The number of urea groups is 1. The minimum atomic E-state index is -0.998. The largest absolute Gasteiger partial charge is 0.487 e. The van der Waals surface area contributed by atoms with Gasteiger partial charge in [0.25, 0.3) is 17.5 Å². The summed E-state index contributed by atoms with van der Waals surface area (Å²) < 4.78 is 7.24. The lowest BCUT2D eigenvalue weighted by molar-refractivity contribution is -0.384. The van der Waals surface area contributed by atoms with Crippen molar-refractivity contribution in [3.63, 3.8) is 0 Å². The number of non-ortho nitro benzene ring substituents is 1. The highest BCUT2D eigenvalue weighted by Gasteiger charge is 2.37. The summed E-state index contributed by atoms with van der Waals surface area (Å²) in [6.07, 6.45) is 1.33. The average molecular weight is 651 g/mol. The number of nitrogens with one attached hydrogen (secondary N) is 1. The molecule has 0 saturated carbocycles. The zero-order chi connectivity index (χ0) is 27.7. The van der Waals surface area contributed by atoms with E-state index in [0.29, 0.717) is 31.8 Å². The van der Waals surface area contributed by atoms with Crippen LogP contribution in [0.2, 0.25) is 0 Å². The first kappa shape index (κ1) is 26.3. The van der Waals surface area contributed by atoms with Crippen LogP contribution in [0.5, 0.6) is 5.75 Å². The van der Waals surface area contributed by atoms with Crippen molar-refractivity contribution in [3.8, 4) is 5.75 Å². The summed E-state index contributed by atoms with van der Waals surface area (Å²) in [5, 5.41) is 15.4. The Hall–Kier alpha value is -4.35. The van der Waals surface area contributed by atoms with Gasteiger partial charge in [-0.1, -0.05) is 48.5 Å². The first-order chi connectivity index (χ1) is 18.7. The van der Waals surface area contributed by atoms with E-state index in [1.54, 1.807) is 12.1 Å². The number of benzene rings is 4. The molecule has 9 nitrogen and oxygen atoms in total. The molecule has 194 valence electrons. The van der Waals surface area contributed by atoms with Crippen molar-refractivity contribution < 1.29 is 24.0 Å². The minimum absolute atomic E-state index is 0.0374. The maximum atomic E-state index is 13.2. The molecule has 0 spiro atoms. The number of amides is 4. The molecule has 4 aromatic rings. The van der Waals surface area contributed by atoms with Crippen molar-refractivity contribution in [2.75, 3.05) is 4.90 Å². The fraction of sp³-hybridized carbons (Fsp3) is 0.0357. The maximum Gasteiger partial charge on any atom is 0.335 e. The van der Waals surface area contributed by atoms with Crippen molar-refractivity contribution in [2.24, 2.45) is 0 Å². The molecule has 0 unspecified atom stereocenters. The van der Waals surface area contributed by atoms with E-state index < -0.39 is 22.8 Å². The van der Waals surface area contributed by atoms with Gasteiger partial charge in [0.05, 0.1) is 19.6 Å². The number of imide groups is 2. The number of barbiturate groups is 1. The van der Waals surface area contributed by atoms with E-state index in [0.717, 1.165) is 22.4 Å². The molecule has 1 aliphatic heterocycles. The summed E-state index contributed by atoms with van der Waals surface area (Å²) in [5.74, 6) is -1.26. The third-order valence-corrected chi connectivity index (χ3v) is 7.16. The Morgan fingerprint density at radius 2 is 1.62 bits per heavy atom. The van der Waals surface area contributed by atoms with E-state index in [9.17, 15) is 24.5 Å². The Bertz CT molecular complexity index is 1690. The van der Waals surface area contributed by atoms with Gasteiger partial charge in [-0.25, -0.2) is 9.69 Å². The number of fused-ring (bicyclic) bond motifs is 1. The van der Waals surface area contributed by atoms with Crippen molar-refractivity contribution in [3.05, 3.63) is 115 Å². The highest BCUT2D eigenvalue weighted by molar-refractivity contribution is 9.11. The molecule has 0 atom stereocenters. The molecule has 11 heteroatoms. The molecule has 1 fully saturated rings. The summed E-state index contributed by atoms with van der Waals surface area (Å²) in [4.78, 5) is 49.4. The van der Waals surface area contributed by atoms with Gasteiger partial charge in [0, 0.05) is 12.1 Å².